The van der Waals surface area contributed by atoms with E-state index >= 15 is 0 Å². The third-order valence-electron chi connectivity index (χ3n) is 2.16. The van der Waals surface area contributed by atoms with Gasteiger partial charge in [-0.3, -0.25) is 0 Å². The smallest absolute Gasteiger partial charge is 0.420 e. The second-order valence-corrected chi connectivity index (χ2v) is 3.90. The van der Waals surface area contributed by atoms with Crippen LogP contribution in [0.25, 0.3) is 0 Å². The zero-order valence-electron chi connectivity index (χ0n) is 8.92. The van der Waals surface area contributed by atoms with Crippen LogP contribution in [-0.4, -0.2) is 7.11 Å². The van der Waals surface area contributed by atoms with E-state index in [-0.39, 0.29) is 5.33 Å². The van der Waals surface area contributed by atoms with Crippen LogP contribution in [0.1, 0.15) is 16.7 Å². The third-order valence-corrected chi connectivity index (χ3v) is 2.76. The van der Waals surface area contributed by atoms with E-state index in [4.69, 9.17) is 0 Å². The maximum absolute atomic E-state index is 12.7. The minimum atomic E-state index is -4.78. The highest BCUT2D eigenvalue weighted by molar-refractivity contribution is 9.08. The van der Waals surface area contributed by atoms with Gasteiger partial charge in [-0.05, 0) is 17.7 Å². The zero-order chi connectivity index (χ0) is 14.1. The molecule has 0 aliphatic carbocycles. The molecule has 0 unspecified atom stereocenters. The van der Waals surface area contributed by atoms with Gasteiger partial charge in [0.05, 0.1) is 12.7 Å². The van der Waals surface area contributed by atoms with E-state index in [0.29, 0.717) is 12.1 Å². The van der Waals surface area contributed by atoms with Gasteiger partial charge in [-0.1, -0.05) is 15.9 Å². The van der Waals surface area contributed by atoms with Crippen LogP contribution >= 0.6 is 15.9 Å². The van der Waals surface area contributed by atoms with Crippen molar-refractivity contribution in [2.24, 2.45) is 0 Å². The second kappa shape index (κ2) is 4.99. The first kappa shape index (κ1) is 15.1. The van der Waals surface area contributed by atoms with Gasteiger partial charge in [-0.2, -0.15) is 26.3 Å². The lowest BCUT2D eigenvalue weighted by Crippen LogP contribution is -2.14. The zero-order valence-corrected chi connectivity index (χ0v) is 10.5. The molecule has 0 bridgehead atoms. The molecular formula is C10H7BrF6O. The van der Waals surface area contributed by atoms with Gasteiger partial charge < -0.3 is 4.74 Å². The number of halogens is 7. The second-order valence-electron chi connectivity index (χ2n) is 3.34. The number of ether oxygens (including phenoxy) is 1. The highest BCUT2D eigenvalue weighted by atomic mass is 79.9. The molecule has 102 valence electrons. The molecule has 0 saturated heterocycles. The largest absolute Gasteiger partial charge is 0.496 e. The molecule has 8 heteroatoms. The number of alkyl halides is 7. The lowest BCUT2D eigenvalue weighted by atomic mass is 10.0. The van der Waals surface area contributed by atoms with Crippen molar-refractivity contribution in [1.82, 2.24) is 0 Å². The summed E-state index contributed by atoms with van der Waals surface area (Å²) in [6.45, 7) is 0. The lowest BCUT2D eigenvalue weighted by Gasteiger charge is -2.18. The molecule has 0 aliphatic rings. The van der Waals surface area contributed by atoms with Gasteiger partial charge in [0.25, 0.3) is 0 Å². The van der Waals surface area contributed by atoms with Gasteiger partial charge in [-0.25, -0.2) is 0 Å². The van der Waals surface area contributed by atoms with Gasteiger partial charge in [0, 0.05) is 5.33 Å². The van der Waals surface area contributed by atoms with Crippen LogP contribution in [0.4, 0.5) is 26.3 Å². The predicted molar refractivity (Wildman–Crippen MR) is 55.6 cm³/mol. The first-order chi connectivity index (χ1) is 8.11. The van der Waals surface area contributed by atoms with Crippen LogP contribution in [0.5, 0.6) is 5.75 Å². The van der Waals surface area contributed by atoms with Crippen molar-refractivity contribution in [2.75, 3.05) is 7.11 Å². The van der Waals surface area contributed by atoms with Gasteiger partial charge in [0.15, 0.2) is 0 Å². The highest BCUT2D eigenvalue weighted by Crippen LogP contribution is 2.43. The number of rotatable bonds is 2. The van der Waals surface area contributed by atoms with Crippen LogP contribution in [-0.2, 0) is 17.7 Å². The number of hydrogen-bond acceptors (Lipinski definition) is 1. The summed E-state index contributed by atoms with van der Waals surface area (Å²) in [5, 5.41) is -0.359. The van der Waals surface area contributed by atoms with E-state index in [0.717, 1.165) is 7.11 Å². The van der Waals surface area contributed by atoms with E-state index in [2.05, 4.69) is 20.7 Å². The summed E-state index contributed by atoms with van der Waals surface area (Å²) in [5.41, 5.74) is -2.90. The van der Waals surface area contributed by atoms with Gasteiger partial charge >= 0.3 is 12.4 Å². The van der Waals surface area contributed by atoms with Gasteiger partial charge in [0.1, 0.15) is 11.3 Å². The summed E-state index contributed by atoms with van der Waals surface area (Å²) in [4.78, 5) is 0. The first-order valence-corrected chi connectivity index (χ1v) is 5.64. The van der Waals surface area contributed by atoms with E-state index in [1.54, 1.807) is 0 Å². The minimum absolute atomic E-state index is 0.342. The fraction of sp³-hybridized carbons (Fsp3) is 0.400. The number of hydrogen-bond donors (Lipinski definition) is 0. The molecule has 1 aromatic rings. The van der Waals surface area contributed by atoms with Crippen molar-refractivity contribution < 1.29 is 31.1 Å². The Labute approximate surface area is 107 Å². The molecule has 0 aromatic heterocycles. The fourth-order valence-corrected chi connectivity index (χ4v) is 1.87. The molecule has 0 radical (unpaired) electrons. The lowest BCUT2D eigenvalue weighted by molar-refractivity contribution is -0.142. The molecule has 0 amide bonds. The monoisotopic (exact) mass is 336 g/mol. The molecule has 0 fully saturated rings. The molecule has 0 spiro atoms. The predicted octanol–water partition coefficient (Wildman–Crippen LogP) is 4.63. The van der Waals surface area contributed by atoms with Crippen molar-refractivity contribution in [3.8, 4) is 5.75 Å². The van der Waals surface area contributed by atoms with Crippen LogP contribution in [0.3, 0.4) is 0 Å². The summed E-state index contributed by atoms with van der Waals surface area (Å²) in [6.07, 6.45) is -9.51. The Morgan fingerprint density at radius 1 is 1.06 bits per heavy atom. The molecule has 0 saturated carbocycles. The summed E-state index contributed by atoms with van der Waals surface area (Å²) >= 11 is 2.74. The fourth-order valence-electron chi connectivity index (χ4n) is 1.42. The average Bonchev–Trinajstić information content (AvgIpc) is 2.24. The maximum atomic E-state index is 12.7. The molecule has 1 rings (SSSR count). The van der Waals surface area contributed by atoms with E-state index in [1.165, 1.54) is 0 Å². The van der Waals surface area contributed by atoms with Crippen LogP contribution < -0.4 is 4.74 Å². The van der Waals surface area contributed by atoms with E-state index in [1.807, 2.05) is 0 Å². The van der Waals surface area contributed by atoms with Crippen LogP contribution in [0.2, 0.25) is 0 Å². The third kappa shape index (κ3) is 3.09. The summed E-state index contributed by atoms with van der Waals surface area (Å²) in [7, 11) is 0.892. The Hall–Kier alpha value is -0.920. The minimum Gasteiger partial charge on any atom is -0.496 e. The molecule has 0 atom stereocenters. The molecule has 0 aliphatic heterocycles. The Morgan fingerprint density at radius 2 is 1.61 bits per heavy atom. The molecule has 18 heavy (non-hydrogen) atoms. The van der Waals surface area contributed by atoms with E-state index < -0.39 is 34.8 Å². The average molecular weight is 337 g/mol. The SMILES string of the molecule is COc1cc(C(F)(F)F)cc(CBr)c1C(F)(F)F. The highest BCUT2D eigenvalue weighted by Gasteiger charge is 2.40. The van der Waals surface area contributed by atoms with Crippen molar-refractivity contribution >= 4 is 15.9 Å². The van der Waals surface area contributed by atoms with Crippen molar-refractivity contribution in [2.45, 2.75) is 17.7 Å². The molecule has 0 N–H and O–H groups in total. The van der Waals surface area contributed by atoms with E-state index in [9.17, 15) is 26.3 Å². The Kier molecular flexibility index (Phi) is 4.19. The summed E-state index contributed by atoms with van der Waals surface area (Å²) < 4.78 is 80.1. The Balaban J connectivity index is 3.55. The van der Waals surface area contributed by atoms with Crippen molar-refractivity contribution in [3.63, 3.8) is 0 Å². The summed E-state index contributed by atoms with van der Waals surface area (Å²) in [6, 6.07) is 0.801. The standard InChI is InChI=1S/C10H7BrF6O/c1-18-7-3-6(9(12,13)14)2-5(4-11)8(7)10(15,16)17/h2-3H,4H2,1H3. The van der Waals surface area contributed by atoms with Gasteiger partial charge in [0.2, 0.25) is 0 Å². The molecule has 0 heterocycles. The molecule has 1 aromatic carbocycles. The first-order valence-electron chi connectivity index (χ1n) is 4.52. The normalized spacial score (nSPS) is 12.7. The number of methoxy groups -OCH3 is 1. The topological polar surface area (TPSA) is 9.23 Å². The maximum Gasteiger partial charge on any atom is 0.420 e. The van der Waals surface area contributed by atoms with Crippen molar-refractivity contribution in [3.05, 3.63) is 28.8 Å². The van der Waals surface area contributed by atoms with Crippen LogP contribution in [0.15, 0.2) is 12.1 Å². The Morgan fingerprint density at radius 3 is 1.94 bits per heavy atom. The van der Waals surface area contributed by atoms with Crippen LogP contribution in [0, 0.1) is 0 Å². The molecular weight excluding hydrogens is 330 g/mol. The van der Waals surface area contributed by atoms with Crippen molar-refractivity contribution in [1.29, 1.82) is 0 Å². The van der Waals surface area contributed by atoms with Gasteiger partial charge in [-0.15, -0.1) is 0 Å². The Bertz CT molecular complexity index is 412. The quantitative estimate of drug-likeness (QED) is 0.565. The summed E-state index contributed by atoms with van der Waals surface area (Å²) in [5.74, 6) is -0.841. The molecule has 1 nitrogen and oxygen atoms in total. The number of benzene rings is 1.